The van der Waals surface area contributed by atoms with E-state index in [2.05, 4.69) is 17.9 Å². The molecular weight excluding hydrogens is 376 g/mol. The molecule has 0 N–H and O–H groups in total. The van der Waals surface area contributed by atoms with Crippen LogP contribution in [0.3, 0.4) is 0 Å². The molecule has 5 heteroatoms. The molecule has 1 saturated heterocycles. The minimum atomic E-state index is 0.260. The molecule has 0 aromatic heterocycles. The Morgan fingerprint density at radius 1 is 1.00 bits per heavy atom. The molecule has 0 unspecified atom stereocenters. The third-order valence-corrected chi connectivity index (χ3v) is 5.70. The molecule has 3 rings (SSSR count). The number of para-hydroxylation sites is 1. The molecule has 1 heterocycles. The zero-order chi connectivity index (χ0) is 21.2. The van der Waals surface area contributed by atoms with Gasteiger partial charge in [-0.1, -0.05) is 30.3 Å². The molecule has 1 aliphatic heterocycles. The highest BCUT2D eigenvalue weighted by Gasteiger charge is 2.18. The normalized spacial score (nSPS) is 14.9. The van der Waals surface area contributed by atoms with Crippen molar-refractivity contribution in [3.63, 3.8) is 0 Å². The SMILES string of the molecule is COc1ccc(CCC(=O)N2CCCN(CCCOc3ccccc3C)CC2)cc1. The number of amides is 1. The first-order chi connectivity index (χ1) is 14.7. The molecule has 0 bridgehead atoms. The Morgan fingerprint density at radius 3 is 2.57 bits per heavy atom. The summed E-state index contributed by atoms with van der Waals surface area (Å²) in [6.07, 6.45) is 3.38. The van der Waals surface area contributed by atoms with E-state index in [0.29, 0.717) is 6.42 Å². The highest BCUT2D eigenvalue weighted by atomic mass is 16.5. The van der Waals surface area contributed by atoms with Crippen molar-refractivity contribution < 1.29 is 14.3 Å². The summed E-state index contributed by atoms with van der Waals surface area (Å²) in [6, 6.07) is 16.1. The average molecular weight is 411 g/mol. The van der Waals surface area contributed by atoms with Crippen molar-refractivity contribution in [1.82, 2.24) is 9.80 Å². The van der Waals surface area contributed by atoms with Crippen LogP contribution < -0.4 is 9.47 Å². The zero-order valence-electron chi connectivity index (χ0n) is 18.3. The number of hydrogen-bond acceptors (Lipinski definition) is 4. The van der Waals surface area contributed by atoms with Gasteiger partial charge in [0.05, 0.1) is 13.7 Å². The summed E-state index contributed by atoms with van der Waals surface area (Å²) in [5.74, 6) is 2.08. The first kappa shape index (κ1) is 22.2. The van der Waals surface area contributed by atoms with E-state index in [4.69, 9.17) is 9.47 Å². The van der Waals surface area contributed by atoms with Crippen LogP contribution in [0.25, 0.3) is 0 Å². The Labute approximate surface area is 180 Å². The predicted octanol–water partition coefficient (Wildman–Crippen LogP) is 3.94. The first-order valence-electron chi connectivity index (χ1n) is 11.0. The third kappa shape index (κ3) is 6.77. The lowest BCUT2D eigenvalue weighted by molar-refractivity contribution is -0.131. The fourth-order valence-electron chi connectivity index (χ4n) is 3.83. The number of aryl methyl sites for hydroxylation is 2. The van der Waals surface area contributed by atoms with Crippen LogP contribution in [-0.4, -0.2) is 62.1 Å². The number of ether oxygens (including phenoxy) is 2. The second-order valence-electron chi connectivity index (χ2n) is 7.89. The number of benzene rings is 2. The predicted molar refractivity (Wildman–Crippen MR) is 120 cm³/mol. The van der Waals surface area contributed by atoms with Gasteiger partial charge in [0.1, 0.15) is 11.5 Å². The smallest absolute Gasteiger partial charge is 0.222 e. The van der Waals surface area contributed by atoms with Crippen LogP contribution in [0.1, 0.15) is 30.4 Å². The molecule has 0 aliphatic carbocycles. The van der Waals surface area contributed by atoms with Crippen LogP contribution in [0.2, 0.25) is 0 Å². The highest BCUT2D eigenvalue weighted by molar-refractivity contribution is 5.76. The monoisotopic (exact) mass is 410 g/mol. The van der Waals surface area contributed by atoms with E-state index in [1.165, 1.54) is 11.1 Å². The zero-order valence-corrected chi connectivity index (χ0v) is 18.3. The summed E-state index contributed by atoms with van der Waals surface area (Å²) < 4.78 is 11.1. The lowest BCUT2D eigenvalue weighted by Gasteiger charge is -2.22. The maximum absolute atomic E-state index is 12.7. The molecule has 162 valence electrons. The molecule has 1 amide bonds. The van der Waals surface area contributed by atoms with Gasteiger partial charge in [0, 0.05) is 32.6 Å². The van der Waals surface area contributed by atoms with Gasteiger partial charge in [-0.25, -0.2) is 0 Å². The maximum atomic E-state index is 12.7. The fraction of sp³-hybridized carbons (Fsp3) is 0.480. The second-order valence-corrected chi connectivity index (χ2v) is 7.89. The largest absolute Gasteiger partial charge is 0.497 e. The number of nitrogens with zero attached hydrogens (tertiary/aromatic N) is 2. The summed E-state index contributed by atoms with van der Waals surface area (Å²) in [5.41, 5.74) is 2.35. The van der Waals surface area contributed by atoms with Gasteiger partial charge in [0.2, 0.25) is 5.91 Å². The summed E-state index contributed by atoms with van der Waals surface area (Å²) in [5, 5.41) is 0. The Kier molecular flexibility index (Phi) is 8.57. The van der Waals surface area contributed by atoms with Crippen LogP contribution in [0.5, 0.6) is 11.5 Å². The molecule has 0 radical (unpaired) electrons. The third-order valence-electron chi connectivity index (χ3n) is 5.70. The Morgan fingerprint density at radius 2 is 1.80 bits per heavy atom. The highest BCUT2D eigenvalue weighted by Crippen LogP contribution is 2.17. The van der Waals surface area contributed by atoms with Crippen LogP contribution >= 0.6 is 0 Å². The number of hydrogen-bond donors (Lipinski definition) is 0. The van der Waals surface area contributed by atoms with Crippen molar-refractivity contribution in [3.8, 4) is 11.5 Å². The minimum absolute atomic E-state index is 0.260. The molecule has 2 aromatic rings. The van der Waals surface area contributed by atoms with E-state index >= 15 is 0 Å². The first-order valence-corrected chi connectivity index (χ1v) is 11.0. The van der Waals surface area contributed by atoms with E-state index in [1.54, 1.807) is 7.11 Å². The van der Waals surface area contributed by atoms with E-state index in [-0.39, 0.29) is 5.91 Å². The molecule has 5 nitrogen and oxygen atoms in total. The standard InChI is InChI=1S/C25H34N2O3/c1-21-7-3-4-8-24(21)30-20-6-16-26-15-5-17-27(19-18-26)25(28)14-11-22-9-12-23(29-2)13-10-22/h3-4,7-10,12-13H,5-6,11,14-20H2,1-2H3. The van der Waals surface area contributed by atoms with Crippen molar-refractivity contribution in [2.45, 2.75) is 32.6 Å². The van der Waals surface area contributed by atoms with E-state index in [9.17, 15) is 4.79 Å². The molecule has 1 aliphatic rings. The second kappa shape index (κ2) is 11.6. The van der Waals surface area contributed by atoms with Gasteiger partial charge in [0.15, 0.2) is 0 Å². The van der Waals surface area contributed by atoms with Crippen molar-refractivity contribution in [3.05, 3.63) is 59.7 Å². The van der Waals surface area contributed by atoms with E-state index < -0.39 is 0 Å². The Hall–Kier alpha value is -2.53. The molecule has 1 fully saturated rings. The van der Waals surface area contributed by atoms with Crippen molar-refractivity contribution in [1.29, 1.82) is 0 Å². The summed E-state index contributed by atoms with van der Waals surface area (Å²) in [6.45, 7) is 7.49. The van der Waals surface area contributed by atoms with Crippen LogP contribution in [0, 0.1) is 6.92 Å². The van der Waals surface area contributed by atoms with E-state index in [0.717, 1.165) is 70.1 Å². The fourth-order valence-corrected chi connectivity index (χ4v) is 3.83. The summed E-state index contributed by atoms with van der Waals surface area (Å²) >= 11 is 0. The van der Waals surface area contributed by atoms with Crippen LogP contribution in [0.4, 0.5) is 0 Å². The maximum Gasteiger partial charge on any atom is 0.222 e. The number of carbonyl (C=O) groups excluding carboxylic acids is 1. The van der Waals surface area contributed by atoms with E-state index in [1.807, 2.05) is 47.4 Å². The van der Waals surface area contributed by atoms with Crippen molar-refractivity contribution in [2.75, 3.05) is 46.4 Å². The van der Waals surface area contributed by atoms with Gasteiger partial charge >= 0.3 is 0 Å². The quantitative estimate of drug-likeness (QED) is 0.587. The van der Waals surface area contributed by atoms with Crippen molar-refractivity contribution >= 4 is 5.91 Å². The van der Waals surface area contributed by atoms with Gasteiger partial charge in [-0.15, -0.1) is 0 Å². The Balaban J connectivity index is 1.35. The number of methoxy groups -OCH3 is 1. The average Bonchev–Trinajstić information content (AvgIpc) is 3.02. The molecule has 30 heavy (non-hydrogen) atoms. The summed E-state index contributed by atoms with van der Waals surface area (Å²) in [7, 11) is 1.67. The van der Waals surface area contributed by atoms with Gasteiger partial charge in [0.25, 0.3) is 0 Å². The lowest BCUT2D eigenvalue weighted by atomic mass is 10.1. The van der Waals surface area contributed by atoms with Crippen LogP contribution in [-0.2, 0) is 11.2 Å². The van der Waals surface area contributed by atoms with Crippen molar-refractivity contribution in [2.24, 2.45) is 0 Å². The van der Waals surface area contributed by atoms with Gasteiger partial charge in [-0.2, -0.15) is 0 Å². The molecule has 2 aromatic carbocycles. The topological polar surface area (TPSA) is 42.0 Å². The van der Waals surface area contributed by atoms with Gasteiger partial charge < -0.3 is 19.3 Å². The Bertz CT molecular complexity index is 791. The van der Waals surface area contributed by atoms with Gasteiger partial charge in [-0.3, -0.25) is 4.79 Å². The molecule has 0 saturated carbocycles. The molecule has 0 atom stereocenters. The lowest BCUT2D eigenvalue weighted by Crippen LogP contribution is -2.35. The molecular formula is C25H34N2O3. The number of rotatable bonds is 9. The number of carbonyl (C=O) groups is 1. The molecule has 0 spiro atoms. The van der Waals surface area contributed by atoms with Crippen LogP contribution in [0.15, 0.2) is 48.5 Å². The van der Waals surface area contributed by atoms with Gasteiger partial charge in [-0.05, 0) is 62.1 Å². The summed E-state index contributed by atoms with van der Waals surface area (Å²) in [4.78, 5) is 17.2. The minimum Gasteiger partial charge on any atom is -0.497 e.